The molecule has 3 N–H and O–H groups in total. The van der Waals surface area contributed by atoms with Gasteiger partial charge in [0.25, 0.3) is 0 Å². The van der Waals surface area contributed by atoms with Crippen LogP contribution in [-0.2, 0) is 4.79 Å². The second kappa shape index (κ2) is 7.77. The van der Waals surface area contributed by atoms with Crippen molar-refractivity contribution >= 4 is 56.7 Å². The second-order valence-corrected chi connectivity index (χ2v) is 7.00. The van der Waals surface area contributed by atoms with Crippen molar-refractivity contribution in [3.63, 3.8) is 0 Å². The molecule has 0 spiro atoms. The molecule has 1 amide bonds. The summed E-state index contributed by atoms with van der Waals surface area (Å²) < 4.78 is 0.933. The number of anilines is 2. The van der Waals surface area contributed by atoms with Crippen molar-refractivity contribution in [2.24, 2.45) is 0 Å². The number of amides is 1. The van der Waals surface area contributed by atoms with E-state index in [0.29, 0.717) is 11.4 Å². The van der Waals surface area contributed by atoms with Crippen LogP contribution in [-0.4, -0.2) is 17.9 Å². The fraction of sp³-hybridized carbons (Fsp3) is 0.133. The van der Waals surface area contributed by atoms with Crippen molar-refractivity contribution in [2.45, 2.75) is 9.79 Å². The Balaban J connectivity index is 1.96. The molecule has 6 heteroatoms. The Kier molecular flexibility index (Phi) is 6.02. The summed E-state index contributed by atoms with van der Waals surface area (Å²) in [5, 5.41) is 2.93. The summed E-state index contributed by atoms with van der Waals surface area (Å²) in [6.45, 7) is 0. The first kappa shape index (κ1) is 16.3. The first-order valence-corrected chi connectivity index (χ1v) is 9.21. The Bertz CT molecular complexity index is 649. The Labute approximate surface area is 141 Å². The lowest BCUT2D eigenvalue weighted by atomic mass is 10.3. The van der Waals surface area contributed by atoms with Gasteiger partial charge in [0.05, 0.1) is 11.4 Å². The molecule has 21 heavy (non-hydrogen) atoms. The first-order chi connectivity index (χ1) is 10.1. The number of benzene rings is 2. The number of hydrogen-bond donors (Lipinski definition) is 2. The van der Waals surface area contributed by atoms with Gasteiger partial charge in [0.2, 0.25) is 5.91 Å². The normalized spacial score (nSPS) is 10.4. The standard InChI is InChI=1S/C15H15BrN2OS2/c1-20-14-5-3-2-4-12(14)18-15(19)9-21-13-7-6-10(16)8-11(13)17/h2-8H,9,17H2,1H3,(H,18,19). The third kappa shape index (κ3) is 4.69. The smallest absolute Gasteiger partial charge is 0.234 e. The van der Waals surface area contributed by atoms with E-state index in [1.54, 1.807) is 11.8 Å². The van der Waals surface area contributed by atoms with Crippen molar-refractivity contribution in [2.75, 3.05) is 23.1 Å². The van der Waals surface area contributed by atoms with Gasteiger partial charge >= 0.3 is 0 Å². The minimum atomic E-state index is -0.0381. The lowest BCUT2D eigenvalue weighted by Gasteiger charge is -2.09. The van der Waals surface area contributed by atoms with E-state index in [0.717, 1.165) is 20.0 Å². The van der Waals surface area contributed by atoms with Crippen LogP contribution < -0.4 is 11.1 Å². The van der Waals surface area contributed by atoms with E-state index in [1.165, 1.54) is 11.8 Å². The predicted molar refractivity (Wildman–Crippen MR) is 96.1 cm³/mol. The molecule has 2 aromatic rings. The summed E-state index contributed by atoms with van der Waals surface area (Å²) in [7, 11) is 0. The molecular weight excluding hydrogens is 368 g/mol. The Hall–Kier alpha value is -1.11. The highest BCUT2D eigenvalue weighted by Gasteiger charge is 2.08. The van der Waals surface area contributed by atoms with Crippen molar-refractivity contribution in [3.8, 4) is 0 Å². The molecule has 2 aromatic carbocycles. The van der Waals surface area contributed by atoms with Gasteiger partial charge in [0, 0.05) is 20.0 Å². The van der Waals surface area contributed by atoms with E-state index >= 15 is 0 Å². The van der Waals surface area contributed by atoms with E-state index in [-0.39, 0.29) is 5.91 Å². The number of halogens is 1. The molecular formula is C15H15BrN2OS2. The van der Waals surface area contributed by atoms with E-state index in [1.807, 2.05) is 48.7 Å². The zero-order valence-corrected chi connectivity index (χ0v) is 14.6. The number of carbonyl (C=O) groups excluding carboxylic acids is 1. The zero-order chi connectivity index (χ0) is 15.2. The van der Waals surface area contributed by atoms with Crippen LogP contribution in [0.5, 0.6) is 0 Å². The van der Waals surface area contributed by atoms with Crippen molar-refractivity contribution in [1.29, 1.82) is 0 Å². The van der Waals surface area contributed by atoms with Crippen LogP contribution in [0.25, 0.3) is 0 Å². The highest BCUT2D eigenvalue weighted by molar-refractivity contribution is 9.10. The Morgan fingerprint density at radius 3 is 2.71 bits per heavy atom. The van der Waals surface area contributed by atoms with Gasteiger partial charge in [0.1, 0.15) is 0 Å². The van der Waals surface area contributed by atoms with Crippen LogP contribution in [0.3, 0.4) is 0 Å². The number of carbonyl (C=O) groups is 1. The number of nitrogen functional groups attached to an aromatic ring is 1. The van der Waals surface area contributed by atoms with E-state index in [4.69, 9.17) is 5.73 Å². The maximum atomic E-state index is 12.0. The summed E-state index contributed by atoms with van der Waals surface area (Å²) >= 11 is 6.41. The molecule has 0 radical (unpaired) electrons. The van der Waals surface area contributed by atoms with Gasteiger partial charge in [-0.15, -0.1) is 23.5 Å². The largest absolute Gasteiger partial charge is 0.398 e. The predicted octanol–water partition coefficient (Wildman–Crippen LogP) is 4.48. The molecule has 0 saturated carbocycles. The molecule has 0 aliphatic carbocycles. The Morgan fingerprint density at radius 1 is 1.24 bits per heavy atom. The number of hydrogen-bond acceptors (Lipinski definition) is 4. The lowest BCUT2D eigenvalue weighted by Crippen LogP contribution is -2.14. The Morgan fingerprint density at radius 2 is 2.00 bits per heavy atom. The molecule has 0 aliphatic rings. The van der Waals surface area contributed by atoms with Crippen molar-refractivity contribution in [3.05, 3.63) is 46.9 Å². The topological polar surface area (TPSA) is 55.1 Å². The maximum absolute atomic E-state index is 12.0. The van der Waals surface area contributed by atoms with Gasteiger partial charge in [-0.3, -0.25) is 4.79 Å². The summed E-state index contributed by atoms with van der Waals surface area (Å²) in [6, 6.07) is 13.4. The molecule has 0 fully saturated rings. The van der Waals surface area contributed by atoms with Crippen LogP contribution >= 0.6 is 39.5 Å². The number of nitrogens with two attached hydrogens (primary N) is 1. The molecule has 0 saturated heterocycles. The van der Waals surface area contributed by atoms with Crippen LogP contribution in [0.15, 0.2) is 56.7 Å². The molecule has 0 unspecified atom stereocenters. The lowest BCUT2D eigenvalue weighted by molar-refractivity contribution is -0.113. The van der Waals surface area contributed by atoms with Crippen LogP contribution in [0, 0.1) is 0 Å². The van der Waals surface area contributed by atoms with Gasteiger partial charge < -0.3 is 11.1 Å². The summed E-state index contributed by atoms with van der Waals surface area (Å²) in [5.74, 6) is 0.290. The van der Waals surface area contributed by atoms with Gasteiger partial charge in [-0.05, 0) is 36.6 Å². The third-order valence-electron chi connectivity index (χ3n) is 2.71. The summed E-state index contributed by atoms with van der Waals surface area (Å²) in [6.07, 6.45) is 1.99. The fourth-order valence-electron chi connectivity index (χ4n) is 1.73. The molecule has 0 bridgehead atoms. The summed E-state index contributed by atoms with van der Waals surface area (Å²) in [5.41, 5.74) is 7.44. The third-order valence-corrected chi connectivity index (χ3v) is 5.09. The molecule has 3 nitrogen and oxygen atoms in total. The van der Waals surface area contributed by atoms with Gasteiger partial charge in [-0.25, -0.2) is 0 Å². The van der Waals surface area contributed by atoms with Crippen LogP contribution in [0.4, 0.5) is 11.4 Å². The van der Waals surface area contributed by atoms with Crippen molar-refractivity contribution < 1.29 is 4.79 Å². The van der Waals surface area contributed by atoms with Gasteiger partial charge in [-0.2, -0.15) is 0 Å². The molecule has 0 heterocycles. The monoisotopic (exact) mass is 382 g/mol. The molecule has 0 atom stereocenters. The molecule has 110 valence electrons. The average Bonchev–Trinajstić information content (AvgIpc) is 2.47. The summed E-state index contributed by atoms with van der Waals surface area (Å²) in [4.78, 5) is 14.0. The van der Waals surface area contributed by atoms with E-state index in [2.05, 4.69) is 21.2 Å². The second-order valence-electron chi connectivity index (χ2n) is 4.22. The number of thioether (sulfide) groups is 2. The van der Waals surface area contributed by atoms with Gasteiger partial charge in [0.15, 0.2) is 0 Å². The van der Waals surface area contributed by atoms with E-state index < -0.39 is 0 Å². The van der Waals surface area contributed by atoms with Crippen LogP contribution in [0.2, 0.25) is 0 Å². The molecule has 0 aliphatic heterocycles. The minimum Gasteiger partial charge on any atom is -0.398 e. The SMILES string of the molecule is CSc1ccccc1NC(=O)CSc1ccc(Br)cc1N. The number of para-hydroxylation sites is 1. The quantitative estimate of drug-likeness (QED) is 0.590. The zero-order valence-electron chi connectivity index (χ0n) is 11.4. The highest BCUT2D eigenvalue weighted by Crippen LogP contribution is 2.29. The van der Waals surface area contributed by atoms with Crippen LogP contribution in [0.1, 0.15) is 0 Å². The fourth-order valence-corrected chi connectivity index (χ4v) is 3.41. The van der Waals surface area contributed by atoms with Gasteiger partial charge in [-0.1, -0.05) is 28.1 Å². The maximum Gasteiger partial charge on any atom is 0.234 e. The minimum absolute atomic E-state index is 0.0381. The average molecular weight is 383 g/mol. The first-order valence-electron chi connectivity index (χ1n) is 6.21. The highest BCUT2D eigenvalue weighted by atomic mass is 79.9. The van der Waals surface area contributed by atoms with E-state index in [9.17, 15) is 4.79 Å². The van der Waals surface area contributed by atoms with Crippen molar-refractivity contribution in [1.82, 2.24) is 0 Å². The molecule has 2 rings (SSSR count). The molecule has 0 aromatic heterocycles. The number of rotatable bonds is 5. The number of nitrogens with one attached hydrogen (secondary N) is 1.